The quantitative estimate of drug-likeness (QED) is 0.771. The van der Waals surface area contributed by atoms with Crippen molar-refractivity contribution in [2.24, 2.45) is 0 Å². The normalized spacial score (nSPS) is 12.4. The summed E-state index contributed by atoms with van der Waals surface area (Å²) < 4.78 is 10.9. The van der Waals surface area contributed by atoms with Crippen LogP contribution in [-0.4, -0.2) is 32.7 Å². The molecule has 16 heavy (non-hydrogen) atoms. The highest BCUT2D eigenvalue weighted by molar-refractivity contribution is 7.84. The maximum absolute atomic E-state index is 10.9. The van der Waals surface area contributed by atoms with Crippen LogP contribution in [0.2, 0.25) is 0 Å². The van der Waals surface area contributed by atoms with Gasteiger partial charge in [0, 0.05) is 41.8 Å². The van der Waals surface area contributed by atoms with Crippen LogP contribution in [0, 0.1) is 0 Å². The fourth-order valence-electron chi connectivity index (χ4n) is 1.27. The summed E-state index contributed by atoms with van der Waals surface area (Å²) in [5, 5.41) is 3.09. The summed E-state index contributed by atoms with van der Waals surface area (Å²) >= 11 is 0. The number of nitrogens with two attached hydrogens (primary N) is 1. The molecule has 0 saturated heterocycles. The SMILES string of the molecule is CCCc1nc(N)cc(NCCS(C)=O)n1. The summed E-state index contributed by atoms with van der Waals surface area (Å²) in [6.45, 7) is 2.70. The molecule has 1 aromatic heterocycles. The van der Waals surface area contributed by atoms with Gasteiger partial charge in [0.25, 0.3) is 0 Å². The zero-order chi connectivity index (χ0) is 12.0. The molecule has 0 spiro atoms. The number of hydrogen-bond acceptors (Lipinski definition) is 5. The van der Waals surface area contributed by atoms with Gasteiger partial charge in [-0.3, -0.25) is 4.21 Å². The second-order valence-corrected chi connectivity index (χ2v) is 5.10. The molecule has 1 unspecified atom stereocenters. The molecule has 6 heteroatoms. The van der Waals surface area contributed by atoms with E-state index in [-0.39, 0.29) is 0 Å². The zero-order valence-electron chi connectivity index (χ0n) is 9.69. The van der Waals surface area contributed by atoms with Crippen LogP contribution in [-0.2, 0) is 17.2 Å². The van der Waals surface area contributed by atoms with Crippen LogP contribution in [0.15, 0.2) is 6.07 Å². The Labute approximate surface area is 98.3 Å². The largest absolute Gasteiger partial charge is 0.384 e. The third kappa shape index (κ3) is 4.57. The molecule has 0 fully saturated rings. The van der Waals surface area contributed by atoms with Crippen molar-refractivity contribution in [3.63, 3.8) is 0 Å². The summed E-state index contributed by atoms with van der Waals surface area (Å²) in [6, 6.07) is 1.69. The molecule has 5 nitrogen and oxygen atoms in total. The first kappa shape index (κ1) is 12.9. The van der Waals surface area contributed by atoms with Gasteiger partial charge in [0.05, 0.1) is 0 Å². The van der Waals surface area contributed by atoms with E-state index in [9.17, 15) is 4.21 Å². The van der Waals surface area contributed by atoms with E-state index in [1.807, 2.05) is 0 Å². The van der Waals surface area contributed by atoms with E-state index in [1.54, 1.807) is 12.3 Å². The second kappa shape index (κ2) is 6.42. The van der Waals surface area contributed by atoms with Crippen molar-refractivity contribution in [2.45, 2.75) is 19.8 Å². The predicted octanol–water partition coefficient (Wildman–Crippen LogP) is 0.802. The first-order valence-corrected chi connectivity index (χ1v) is 7.02. The minimum Gasteiger partial charge on any atom is -0.384 e. The van der Waals surface area contributed by atoms with Gasteiger partial charge >= 0.3 is 0 Å². The van der Waals surface area contributed by atoms with E-state index in [0.29, 0.717) is 23.9 Å². The van der Waals surface area contributed by atoms with Crippen molar-refractivity contribution >= 4 is 22.4 Å². The van der Waals surface area contributed by atoms with Crippen LogP contribution in [0.3, 0.4) is 0 Å². The summed E-state index contributed by atoms with van der Waals surface area (Å²) in [6.07, 6.45) is 3.49. The lowest BCUT2D eigenvalue weighted by atomic mass is 10.3. The number of aryl methyl sites for hydroxylation is 1. The molecule has 1 heterocycles. The Morgan fingerprint density at radius 2 is 2.25 bits per heavy atom. The molecule has 0 aromatic carbocycles. The summed E-state index contributed by atoms with van der Waals surface area (Å²) in [5.74, 6) is 2.54. The Morgan fingerprint density at radius 3 is 2.88 bits per heavy atom. The molecule has 0 radical (unpaired) electrons. The highest BCUT2D eigenvalue weighted by Gasteiger charge is 2.01. The van der Waals surface area contributed by atoms with Crippen LogP contribution in [0.1, 0.15) is 19.2 Å². The van der Waals surface area contributed by atoms with Crippen LogP contribution in [0.4, 0.5) is 11.6 Å². The highest BCUT2D eigenvalue weighted by Crippen LogP contribution is 2.09. The molecule has 0 aliphatic carbocycles. The Kier molecular flexibility index (Phi) is 5.18. The van der Waals surface area contributed by atoms with Gasteiger partial charge in [0.2, 0.25) is 0 Å². The molecular formula is C10H18N4OS. The molecular weight excluding hydrogens is 224 g/mol. The Bertz CT molecular complexity index is 370. The van der Waals surface area contributed by atoms with Crippen LogP contribution in [0.5, 0.6) is 0 Å². The van der Waals surface area contributed by atoms with Gasteiger partial charge in [-0.2, -0.15) is 0 Å². The van der Waals surface area contributed by atoms with E-state index >= 15 is 0 Å². The van der Waals surface area contributed by atoms with E-state index in [1.165, 1.54) is 0 Å². The fourth-order valence-corrected chi connectivity index (χ4v) is 1.66. The van der Waals surface area contributed by atoms with E-state index < -0.39 is 10.8 Å². The fraction of sp³-hybridized carbons (Fsp3) is 0.600. The summed E-state index contributed by atoms with van der Waals surface area (Å²) in [5.41, 5.74) is 5.67. The first-order chi connectivity index (χ1) is 7.61. The molecule has 0 amide bonds. The van der Waals surface area contributed by atoms with Gasteiger partial charge in [0.1, 0.15) is 17.5 Å². The number of rotatable bonds is 6. The maximum Gasteiger partial charge on any atom is 0.133 e. The minimum absolute atomic E-state index is 0.471. The van der Waals surface area contributed by atoms with Crippen molar-refractivity contribution in [1.29, 1.82) is 0 Å². The molecule has 0 saturated carbocycles. The van der Waals surface area contributed by atoms with Crippen LogP contribution >= 0.6 is 0 Å². The molecule has 1 atom stereocenters. The molecule has 0 bridgehead atoms. The first-order valence-electron chi connectivity index (χ1n) is 5.29. The van der Waals surface area contributed by atoms with Gasteiger partial charge in [-0.1, -0.05) is 6.92 Å². The Hall–Kier alpha value is -1.17. The number of anilines is 2. The maximum atomic E-state index is 10.9. The Balaban J connectivity index is 2.61. The lowest BCUT2D eigenvalue weighted by Gasteiger charge is -2.07. The molecule has 0 aliphatic heterocycles. The summed E-state index contributed by atoms with van der Waals surface area (Å²) in [4.78, 5) is 8.45. The van der Waals surface area contributed by atoms with Crippen LogP contribution < -0.4 is 11.1 Å². The standard InChI is InChI=1S/C10H18N4OS/c1-3-4-9-13-8(11)7-10(14-9)12-5-6-16(2)15/h7H,3-6H2,1-2H3,(H3,11,12,13,14). The van der Waals surface area contributed by atoms with Crippen molar-refractivity contribution in [2.75, 3.05) is 29.6 Å². The van der Waals surface area contributed by atoms with E-state index in [4.69, 9.17) is 5.73 Å². The van der Waals surface area contributed by atoms with Gasteiger partial charge < -0.3 is 11.1 Å². The van der Waals surface area contributed by atoms with E-state index in [0.717, 1.165) is 18.7 Å². The molecule has 0 aliphatic rings. The lowest BCUT2D eigenvalue weighted by molar-refractivity contribution is 0.687. The number of nitrogens with zero attached hydrogens (tertiary/aromatic N) is 2. The average Bonchev–Trinajstić information content (AvgIpc) is 2.16. The molecule has 1 rings (SSSR count). The number of aromatic nitrogens is 2. The Morgan fingerprint density at radius 1 is 1.50 bits per heavy atom. The summed E-state index contributed by atoms with van der Waals surface area (Å²) in [7, 11) is -0.790. The van der Waals surface area contributed by atoms with Crippen molar-refractivity contribution < 1.29 is 4.21 Å². The minimum atomic E-state index is -0.790. The predicted molar refractivity (Wildman–Crippen MR) is 67.9 cm³/mol. The van der Waals surface area contributed by atoms with Crippen molar-refractivity contribution in [3.8, 4) is 0 Å². The number of nitrogens with one attached hydrogen (secondary N) is 1. The molecule has 3 N–H and O–H groups in total. The lowest BCUT2D eigenvalue weighted by Crippen LogP contribution is -2.12. The molecule has 90 valence electrons. The second-order valence-electron chi connectivity index (χ2n) is 3.55. The van der Waals surface area contributed by atoms with Gasteiger partial charge in [0.15, 0.2) is 0 Å². The van der Waals surface area contributed by atoms with Gasteiger partial charge in [-0.15, -0.1) is 0 Å². The molecule has 1 aromatic rings. The van der Waals surface area contributed by atoms with Gasteiger partial charge in [-0.05, 0) is 6.42 Å². The average molecular weight is 242 g/mol. The smallest absolute Gasteiger partial charge is 0.133 e. The third-order valence-corrected chi connectivity index (χ3v) is 2.74. The number of hydrogen-bond donors (Lipinski definition) is 2. The van der Waals surface area contributed by atoms with Crippen molar-refractivity contribution in [1.82, 2.24) is 9.97 Å². The zero-order valence-corrected chi connectivity index (χ0v) is 10.5. The highest BCUT2D eigenvalue weighted by atomic mass is 32.2. The van der Waals surface area contributed by atoms with Crippen molar-refractivity contribution in [3.05, 3.63) is 11.9 Å². The van der Waals surface area contributed by atoms with Crippen LogP contribution in [0.25, 0.3) is 0 Å². The number of nitrogen functional groups attached to an aromatic ring is 1. The monoisotopic (exact) mass is 242 g/mol. The van der Waals surface area contributed by atoms with Gasteiger partial charge in [-0.25, -0.2) is 9.97 Å². The third-order valence-electron chi connectivity index (χ3n) is 1.96. The van der Waals surface area contributed by atoms with E-state index in [2.05, 4.69) is 22.2 Å². The topological polar surface area (TPSA) is 80.9 Å².